The number of carbonyl (C=O) groups excluding carboxylic acids is 1. The van der Waals surface area contributed by atoms with Crippen molar-refractivity contribution in [3.63, 3.8) is 0 Å². The van der Waals surface area contributed by atoms with E-state index < -0.39 is 0 Å². The first-order chi connectivity index (χ1) is 5.65. The van der Waals surface area contributed by atoms with E-state index in [1.165, 1.54) is 0 Å². The fourth-order valence-electron chi connectivity index (χ4n) is 0.747. The van der Waals surface area contributed by atoms with Gasteiger partial charge in [-0.2, -0.15) is 0 Å². The molecule has 1 aromatic carbocycles. The first-order valence-electron chi connectivity index (χ1n) is 3.19. The van der Waals surface area contributed by atoms with Gasteiger partial charge in [-0.1, -0.05) is 22.0 Å². The van der Waals surface area contributed by atoms with E-state index in [2.05, 4.69) is 47.8 Å². The van der Waals surface area contributed by atoms with Gasteiger partial charge in [0, 0.05) is 14.5 Å². The first-order valence-corrected chi connectivity index (χ1v) is 5.90. The van der Waals surface area contributed by atoms with Crippen molar-refractivity contribution in [2.75, 3.05) is 5.33 Å². The lowest BCUT2D eigenvalue weighted by Gasteiger charge is -1.99. The molecule has 0 radical (unpaired) electrons. The highest BCUT2D eigenvalue weighted by atomic mass is 79.9. The average molecular weight is 357 g/mol. The number of rotatable bonds is 2. The molecular weight excluding hydrogens is 352 g/mol. The van der Waals surface area contributed by atoms with Crippen LogP contribution in [0.25, 0.3) is 0 Å². The van der Waals surface area contributed by atoms with E-state index in [4.69, 9.17) is 0 Å². The van der Waals surface area contributed by atoms with E-state index in [0.717, 1.165) is 8.95 Å². The standard InChI is InChI=1S/C8H5Br3O/c9-4-8(12)5-1-2-6(10)7(11)3-5/h1-3H,4H2. The van der Waals surface area contributed by atoms with E-state index >= 15 is 0 Å². The minimum Gasteiger partial charge on any atom is -0.293 e. The molecule has 0 aliphatic heterocycles. The predicted molar refractivity (Wildman–Crippen MR) is 60.0 cm³/mol. The quantitative estimate of drug-likeness (QED) is 0.582. The average Bonchev–Trinajstić information content (AvgIpc) is 2.08. The summed E-state index contributed by atoms with van der Waals surface area (Å²) in [4.78, 5) is 11.2. The maximum atomic E-state index is 11.2. The van der Waals surface area contributed by atoms with E-state index in [-0.39, 0.29) is 5.78 Å². The first kappa shape index (κ1) is 10.4. The third kappa shape index (κ3) is 2.41. The Kier molecular flexibility index (Phi) is 3.93. The number of benzene rings is 1. The highest BCUT2D eigenvalue weighted by Gasteiger charge is 2.05. The van der Waals surface area contributed by atoms with Crippen LogP contribution in [0.5, 0.6) is 0 Å². The van der Waals surface area contributed by atoms with Gasteiger partial charge in [-0.25, -0.2) is 0 Å². The van der Waals surface area contributed by atoms with Crippen molar-refractivity contribution in [3.05, 3.63) is 32.7 Å². The van der Waals surface area contributed by atoms with E-state index in [1.807, 2.05) is 6.07 Å². The Balaban J connectivity index is 3.05. The van der Waals surface area contributed by atoms with Gasteiger partial charge in [-0.05, 0) is 44.0 Å². The molecule has 0 aromatic heterocycles. The molecule has 0 aliphatic carbocycles. The molecule has 64 valence electrons. The van der Waals surface area contributed by atoms with Crippen LogP contribution in [-0.2, 0) is 0 Å². The monoisotopic (exact) mass is 354 g/mol. The highest BCUT2D eigenvalue weighted by molar-refractivity contribution is 9.13. The normalized spacial score (nSPS) is 9.92. The SMILES string of the molecule is O=C(CBr)c1ccc(Br)c(Br)c1. The fourth-order valence-corrected chi connectivity index (χ4v) is 1.70. The molecular formula is C8H5Br3O. The summed E-state index contributed by atoms with van der Waals surface area (Å²) in [6, 6.07) is 5.44. The minimum atomic E-state index is 0.0863. The Morgan fingerprint density at radius 1 is 1.25 bits per heavy atom. The van der Waals surface area contributed by atoms with Crippen LogP contribution in [0.1, 0.15) is 10.4 Å². The van der Waals surface area contributed by atoms with Crippen molar-refractivity contribution in [1.29, 1.82) is 0 Å². The van der Waals surface area contributed by atoms with Crippen molar-refractivity contribution in [3.8, 4) is 0 Å². The van der Waals surface area contributed by atoms with Gasteiger partial charge in [-0.3, -0.25) is 4.79 Å². The summed E-state index contributed by atoms with van der Waals surface area (Å²) in [6.45, 7) is 0. The molecule has 1 nitrogen and oxygen atoms in total. The van der Waals surface area contributed by atoms with Crippen molar-refractivity contribution in [2.24, 2.45) is 0 Å². The Hall–Kier alpha value is 0.330. The van der Waals surface area contributed by atoms with Gasteiger partial charge >= 0.3 is 0 Å². The maximum Gasteiger partial charge on any atom is 0.173 e. The number of hydrogen-bond donors (Lipinski definition) is 0. The second-order valence-corrected chi connectivity index (χ2v) is 4.46. The van der Waals surface area contributed by atoms with E-state index in [1.54, 1.807) is 12.1 Å². The summed E-state index contributed by atoms with van der Waals surface area (Å²) < 4.78 is 1.85. The molecule has 0 unspecified atom stereocenters. The Morgan fingerprint density at radius 3 is 2.42 bits per heavy atom. The third-order valence-corrected chi connectivity index (χ3v) is 3.75. The zero-order chi connectivity index (χ0) is 9.14. The summed E-state index contributed by atoms with van der Waals surface area (Å²) in [5, 5.41) is 0.362. The van der Waals surface area contributed by atoms with Crippen molar-refractivity contribution in [1.82, 2.24) is 0 Å². The number of hydrogen-bond acceptors (Lipinski definition) is 1. The van der Waals surface area contributed by atoms with Crippen LogP contribution in [0, 0.1) is 0 Å². The summed E-state index contributed by atoms with van der Waals surface area (Å²) in [6.07, 6.45) is 0. The predicted octanol–water partition coefficient (Wildman–Crippen LogP) is 3.79. The largest absolute Gasteiger partial charge is 0.293 e. The van der Waals surface area contributed by atoms with Gasteiger partial charge in [-0.15, -0.1) is 0 Å². The second-order valence-electron chi connectivity index (χ2n) is 2.19. The molecule has 0 saturated carbocycles. The Bertz CT molecular complexity index is 309. The lowest BCUT2D eigenvalue weighted by molar-refractivity contribution is 0.102. The molecule has 0 atom stereocenters. The van der Waals surface area contributed by atoms with Crippen molar-refractivity contribution < 1.29 is 4.79 Å². The van der Waals surface area contributed by atoms with Gasteiger partial charge in [0.05, 0.1) is 5.33 Å². The minimum absolute atomic E-state index is 0.0863. The van der Waals surface area contributed by atoms with Gasteiger partial charge in [0.15, 0.2) is 5.78 Å². The van der Waals surface area contributed by atoms with Gasteiger partial charge in [0.25, 0.3) is 0 Å². The molecule has 0 spiro atoms. The highest BCUT2D eigenvalue weighted by Crippen LogP contribution is 2.24. The van der Waals surface area contributed by atoms with Crippen LogP contribution in [0.4, 0.5) is 0 Å². The van der Waals surface area contributed by atoms with E-state index in [0.29, 0.717) is 10.9 Å². The Morgan fingerprint density at radius 2 is 1.92 bits per heavy atom. The van der Waals surface area contributed by atoms with Crippen LogP contribution in [-0.4, -0.2) is 11.1 Å². The molecule has 12 heavy (non-hydrogen) atoms. The zero-order valence-electron chi connectivity index (χ0n) is 5.98. The lowest BCUT2D eigenvalue weighted by Crippen LogP contribution is -1.99. The molecule has 0 N–H and O–H groups in total. The van der Waals surface area contributed by atoms with Crippen LogP contribution in [0.3, 0.4) is 0 Å². The molecule has 0 bridgehead atoms. The molecule has 0 heterocycles. The van der Waals surface area contributed by atoms with Crippen LogP contribution in [0.2, 0.25) is 0 Å². The lowest BCUT2D eigenvalue weighted by atomic mass is 10.2. The maximum absolute atomic E-state index is 11.2. The van der Waals surface area contributed by atoms with Crippen LogP contribution < -0.4 is 0 Å². The summed E-state index contributed by atoms with van der Waals surface area (Å²) in [7, 11) is 0. The summed E-state index contributed by atoms with van der Waals surface area (Å²) in [5.41, 5.74) is 0.710. The summed E-state index contributed by atoms with van der Waals surface area (Å²) >= 11 is 9.78. The number of alkyl halides is 1. The van der Waals surface area contributed by atoms with Crippen molar-refractivity contribution in [2.45, 2.75) is 0 Å². The topological polar surface area (TPSA) is 17.1 Å². The molecule has 4 heteroatoms. The fraction of sp³-hybridized carbons (Fsp3) is 0.125. The Labute approximate surface area is 95.9 Å². The molecule has 1 rings (SSSR count). The smallest absolute Gasteiger partial charge is 0.173 e. The van der Waals surface area contributed by atoms with E-state index in [9.17, 15) is 4.79 Å². The zero-order valence-corrected chi connectivity index (χ0v) is 10.7. The number of Topliss-reactive ketones (excluding diaryl/α,β-unsaturated/α-hetero) is 1. The second kappa shape index (κ2) is 4.53. The van der Waals surface area contributed by atoms with Crippen molar-refractivity contribution >= 4 is 53.6 Å². The molecule has 0 fully saturated rings. The number of carbonyl (C=O) groups is 1. The molecule has 0 aliphatic rings. The number of ketones is 1. The van der Waals surface area contributed by atoms with Gasteiger partial charge in [0.2, 0.25) is 0 Å². The van der Waals surface area contributed by atoms with Crippen LogP contribution in [0.15, 0.2) is 27.1 Å². The van der Waals surface area contributed by atoms with Crippen LogP contribution >= 0.6 is 47.8 Å². The third-order valence-electron chi connectivity index (χ3n) is 1.36. The van der Waals surface area contributed by atoms with Gasteiger partial charge < -0.3 is 0 Å². The molecule has 1 aromatic rings. The molecule has 0 amide bonds. The van der Waals surface area contributed by atoms with Gasteiger partial charge in [0.1, 0.15) is 0 Å². The molecule has 0 saturated heterocycles. The summed E-state index contributed by atoms with van der Waals surface area (Å²) in [5.74, 6) is 0.0863. The number of halogens is 3.